The van der Waals surface area contributed by atoms with E-state index in [1.165, 1.54) is 12.3 Å². The van der Waals surface area contributed by atoms with Gasteiger partial charge in [-0.15, -0.1) is 0 Å². The summed E-state index contributed by atoms with van der Waals surface area (Å²) in [5, 5.41) is 2.97. The highest BCUT2D eigenvalue weighted by Gasteiger charge is 2.45. The van der Waals surface area contributed by atoms with Crippen LogP contribution in [-0.4, -0.2) is 16.5 Å². The van der Waals surface area contributed by atoms with Gasteiger partial charge in [-0.05, 0) is 31.4 Å². The molecule has 0 radical (unpaired) electrons. The van der Waals surface area contributed by atoms with Crippen LogP contribution in [0.25, 0.3) is 0 Å². The molecule has 2 heterocycles. The first-order valence-corrected chi connectivity index (χ1v) is 7.85. The molecule has 1 N–H and O–H groups in total. The molecule has 5 heteroatoms. The van der Waals surface area contributed by atoms with Crippen LogP contribution in [0.3, 0.4) is 0 Å². The molecule has 0 saturated heterocycles. The zero-order valence-electron chi connectivity index (χ0n) is 12.6. The molecule has 4 rings (SSSR count). The smallest absolute Gasteiger partial charge is 0.254 e. The average molecular weight is 312 g/mol. The molecule has 1 aromatic heterocycles. The SMILES string of the molecule is O=C(N[C@H]1CC2(CCC2)Oc2ccccc21)c1ccncc1F. The molecule has 1 amide bonds. The molecule has 1 aliphatic carbocycles. The fourth-order valence-electron chi connectivity index (χ4n) is 3.42. The van der Waals surface area contributed by atoms with Gasteiger partial charge in [-0.1, -0.05) is 18.2 Å². The summed E-state index contributed by atoms with van der Waals surface area (Å²) in [6.45, 7) is 0. The van der Waals surface area contributed by atoms with E-state index in [9.17, 15) is 9.18 Å². The summed E-state index contributed by atoms with van der Waals surface area (Å²) < 4.78 is 19.9. The summed E-state index contributed by atoms with van der Waals surface area (Å²) in [4.78, 5) is 16.1. The van der Waals surface area contributed by atoms with Crippen molar-refractivity contribution in [2.75, 3.05) is 0 Å². The van der Waals surface area contributed by atoms with E-state index in [2.05, 4.69) is 10.3 Å². The third-order valence-corrected chi connectivity index (χ3v) is 4.78. The first-order chi connectivity index (χ1) is 11.2. The Labute approximate surface area is 133 Å². The van der Waals surface area contributed by atoms with Gasteiger partial charge in [0.05, 0.1) is 17.8 Å². The zero-order valence-corrected chi connectivity index (χ0v) is 12.6. The third-order valence-electron chi connectivity index (χ3n) is 4.78. The Morgan fingerprint density at radius 1 is 1.30 bits per heavy atom. The standard InChI is InChI=1S/C18H17FN2O2/c19-14-11-20-9-6-12(14)17(22)21-15-10-18(7-3-8-18)23-16-5-2-1-4-13(15)16/h1-2,4-6,9,11,15H,3,7-8,10H2,(H,21,22)/t15-/m0/s1. The lowest BCUT2D eigenvalue weighted by Crippen LogP contribution is -2.49. The van der Waals surface area contributed by atoms with Crippen LogP contribution in [0.5, 0.6) is 5.75 Å². The number of para-hydroxylation sites is 1. The highest BCUT2D eigenvalue weighted by atomic mass is 19.1. The van der Waals surface area contributed by atoms with E-state index in [1.807, 2.05) is 24.3 Å². The Hall–Kier alpha value is -2.43. The second kappa shape index (κ2) is 5.33. The summed E-state index contributed by atoms with van der Waals surface area (Å²) >= 11 is 0. The van der Waals surface area contributed by atoms with Gasteiger partial charge in [0.2, 0.25) is 0 Å². The van der Waals surface area contributed by atoms with Crippen LogP contribution < -0.4 is 10.1 Å². The summed E-state index contributed by atoms with van der Waals surface area (Å²) in [7, 11) is 0. The highest BCUT2D eigenvalue weighted by Crippen LogP contribution is 2.48. The van der Waals surface area contributed by atoms with Crippen molar-refractivity contribution in [1.82, 2.24) is 10.3 Å². The van der Waals surface area contributed by atoms with Crippen molar-refractivity contribution < 1.29 is 13.9 Å². The Kier molecular flexibility index (Phi) is 3.29. The van der Waals surface area contributed by atoms with Crippen molar-refractivity contribution in [3.8, 4) is 5.75 Å². The fourth-order valence-corrected chi connectivity index (χ4v) is 3.42. The molecule has 1 fully saturated rings. The van der Waals surface area contributed by atoms with Gasteiger partial charge < -0.3 is 10.1 Å². The molecule has 118 valence electrons. The monoisotopic (exact) mass is 312 g/mol. The summed E-state index contributed by atoms with van der Waals surface area (Å²) in [6, 6.07) is 8.97. The predicted octanol–water partition coefficient (Wildman–Crippen LogP) is 3.40. The molecule has 2 aromatic rings. The van der Waals surface area contributed by atoms with Crippen LogP contribution in [0.2, 0.25) is 0 Å². The number of nitrogens with one attached hydrogen (secondary N) is 1. The van der Waals surface area contributed by atoms with Crippen LogP contribution in [0.4, 0.5) is 4.39 Å². The lowest BCUT2D eigenvalue weighted by Gasteiger charge is -2.48. The molecule has 1 spiro atoms. The highest BCUT2D eigenvalue weighted by molar-refractivity contribution is 5.94. The number of nitrogens with zero attached hydrogens (tertiary/aromatic N) is 1. The van der Waals surface area contributed by atoms with Gasteiger partial charge >= 0.3 is 0 Å². The van der Waals surface area contributed by atoms with E-state index in [0.717, 1.165) is 43.2 Å². The van der Waals surface area contributed by atoms with E-state index in [0.29, 0.717) is 0 Å². The Balaban J connectivity index is 1.63. The Bertz CT molecular complexity index is 758. The number of pyridine rings is 1. The molecule has 4 nitrogen and oxygen atoms in total. The van der Waals surface area contributed by atoms with Crippen LogP contribution in [0.15, 0.2) is 42.7 Å². The van der Waals surface area contributed by atoms with Gasteiger partial charge in [0.15, 0.2) is 5.82 Å². The van der Waals surface area contributed by atoms with Crippen molar-refractivity contribution in [3.05, 3.63) is 59.7 Å². The van der Waals surface area contributed by atoms with Gasteiger partial charge in [-0.3, -0.25) is 9.78 Å². The fraction of sp³-hybridized carbons (Fsp3) is 0.333. The molecule has 0 unspecified atom stereocenters. The lowest BCUT2D eigenvalue weighted by molar-refractivity contribution is -0.0360. The number of amides is 1. The second-order valence-corrected chi connectivity index (χ2v) is 6.26. The maximum atomic E-state index is 13.8. The van der Waals surface area contributed by atoms with Gasteiger partial charge in [0, 0.05) is 18.2 Å². The molecule has 1 aliphatic heterocycles. The number of fused-ring (bicyclic) bond motifs is 1. The molecular weight excluding hydrogens is 295 g/mol. The van der Waals surface area contributed by atoms with Crippen LogP contribution in [0, 0.1) is 5.82 Å². The van der Waals surface area contributed by atoms with E-state index < -0.39 is 11.7 Å². The topological polar surface area (TPSA) is 51.2 Å². The summed E-state index contributed by atoms with van der Waals surface area (Å²) in [5.74, 6) is -0.205. The maximum Gasteiger partial charge on any atom is 0.254 e. The molecule has 0 bridgehead atoms. The van der Waals surface area contributed by atoms with Crippen molar-refractivity contribution in [3.63, 3.8) is 0 Å². The number of hydrogen-bond acceptors (Lipinski definition) is 3. The number of carbonyl (C=O) groups is 1. The number of ether oxygens (including phenoxy) is 1. The second-order valence-electron chi connectivity index (χ2n) is 6.26. The first kappa shape index (κ1) is 14.2. The summed E-state index contributed by atoms with van der Waals surface area (Å²) in [6.07, 6.45) is 6.34. The minimum absolute atomic E-state index is 0.0200. The molecule has 1 atom stereocenters. The number of carbonyl (C=O) groups excluding carboxylic acids is 1. The van der Waals surface area contributed by atoms with Gasteiger partial charge in [0.1, 0.15) is 11.4 Å². The predicted molar refractivity (Wildman–Crippen MR) is 82.7 cm³/mol. The summed E-state index contributed by atoms with van der Waals surface area (Å²) in [5.41, 5.74) is 0.794. The molecule has 1 aromatic carbocycles. The van der Waals surface area contributed by atoms with Gasteiger partial charge in [-0.25, -0.2) is 4.39 Å². The average Bonchev–Trinajstić information content (AvgIpc) is 2.53. The molecule has 23 heavy (non-hydrogen) atoms. The first-order valence-electron chi connectivity index (χ1n) is 7.85. The zero-order chi connectivity index (χ0) is 15.9. The van der Waals surface area contributed by atoms with Crippen LogP contribution >= 0.6 is 0 Å². The largest absolute Gasteiger partial charge is 0.487 e. The number of rotatable bonds is 2. The minimum Gasteiger partial charge on any atom is -0.487 e. The van der Waals surface area contributed by atoms with Crippen molar-refractivity contribution >= 4 is 5.91 Å². The quantitative estimate of drug-likeness (QED) is 0.924. The van der Waals surface area contributed by atoms with E-state index >= 15 is 0 Å². The third kappa shape index (κ3) is 2.46. The normalized spacial score (nSPS) is 21.0. The van der Waals surface area contributed by atoms with E-state index in [-0.39, 0.29) is 17.2 Å². The molecular formula is C18H17FN2O2. The van der Waals surface area contributed by atoms with Gasteiger partial charge in [-0.2, -0.15) is 0 Å². The van der Waals surface area contributed by atoms with Gasteiger partial charge in [0.25, 0.3) is 5.91 Å². The lowest BCUT2D eigenvalue weighted by atomic mass is 9.73. The van der Waals surface area contributed by atoms with Crippen LogP contribution in [-0.2, 0) is 0 Å². The molecule has 2 aliphatic rings. The Morgan fingerprint density at radius 2 is 2.13 bits per heavy atom. The minimum atomic E-state index is -0.608. The van der Waals surface area contributed by atoms with Crippen molar-refractivity contribution in [2.24, 2.45) is 0 Å². The Morgan fingerprint density at radius 3 is 2.87 bits per heavy atom. The van der Waals surface area contributed by atoms with Crippen LogP contribution in [0.1, 0.15) is 47.6 Å². The molecule has 1 saturated carbocycles. The van der Waals surface area contributed by atoms with Crippen molar-refractivity contribution in [1.29, 1.82) is 0 Å². The van der Waals surface area contributed by atoms with E-state index in [4.69, 9.17) is 4.74 Å². The number of benzene rings is 1. The number of halogens is 1. The van der Waals surface area contributed by atoms with Crippen molar-refractivity contribution in [2.45, 2.75) is 37.3 Å². The van der Waals surface area contributed by atoms with E-state index in [1.54, 1.807) is 0 Å². The number of aromatic nitrogens is 1. The number of hydrogen-bond donors (Lipinski definition) is 1. The maximum absolute atomic E-state index is 13.8.